The van der Waals surface area contributed by atoms with Gasteiger partial charge in [0.25, 0.3) is 5.91 Å². The molecule has 0 aromatic heterocycles. The Balaban J connectivity index is 4.50. The lowest BCUT2D eigenvalue weighted by Crippen LogP contribution is -2.41. The van der Waals surface area contributed by atoms with E-state index < -0.39 is 17.9 Å². The van der Waals surface area contributed by atoms with Crippen LogP contribution in [-0.2, 0) is 19.1 Å². The van der Waals surface area contributed by atoms with Gasteiger partial charge in [-0.25, -0.2) is 9.21 Å². The first-order valence-electron chi connectivity index (χ1n) is 5.21. The maximum atomic E-state index is 11.5. The molecule has 0 fully saturated rings. The molecule has 0 aliphatic carbocycles. The Morgan fingerprint density at radius 3 is 2.44 bits per heavy atom. The van der Waals surface area contributed by atoms with Gasteiger partial charge in [-0.15, -0.1) is 0 Å². The topological polar surface area (TPSA) is 55.8 Å². The van der Waals surface area contributed by atoms with Gasteiger partial charge in [0.2, 0.25) is 0 Å². The molecule has 0 unspecified atom stereocenters. The molecule has 6 heteroatoms. The summed E-state index contributed by atoms with van der Waals surface area (Å²) in [6.07, 6.45) is 1.20. The molecule has 0 saturated heterocycles. The number of rotatable bonds is 7. The summed E-state index contributed by atoms with van der Waals surface area (Å²) >= 11 is 5.79. The SMILES string of the molecule is CCC[C@H](C(=O)OCC)N(Cl)C(=O)COC. The Morgan fingerprint density at radius 2 is 2.00 bits per heavy atom. The van der Waals surface area contributed by atoms with Crippen LogP contribution in [0.2, 0.25) is 0 Å². The quantitative estimate of drug-likeness (QED) is 0.506. The number of nitrogens with zero attached hydrogens (tertiary/aromatic N) is 1. The second-order valence-electron chi connectivity index (χ2n) is 3.19. The Labute approximate surface area is 101 Å². The zero-order valence-corrected chi connectivity index (χ0v) is 10.6. The number of carbonyl (C=O) groups excluding carboxylic acids is 2. The lowest BCUT2D eigenvalue weighted by Gasteiger charge is -2.22. The van der Waals surface area contributed by atoms with Crippen LogP contribution in [0.25, 0.3) is 0 Å². The predicted molar refractivity (Wildman–Crippen MR) is 59.9 cm³/mol. The maximum absolute atomic E-state index is 11.5. The van der Waals surface area contributed by atoms with Gasteiger partial charge < -0.3 is 9.47 Å². The van der Waals surface area contributed by atoms with Crippen molar-refractivity contribution in [2.75, 3.05) is 20.3 Å². The number of hydrogen-bond acceptors (Lipinski definition) is 4. The highest BCUT2D eigenvalue weighted by atomic mass is 35.5. The van der Waals surface area contributed by atoms with Gasteiger partial charge in [-0.1, -0.05) is 13.3 Å². The van der Waals surface area contributed by atoms with Gasteiger partial charge in [-0.2, -0.15) is 0 Å². The number of esters is 1. The molecule has 0 bridgehead atoms. The van der Waals surface area contributed by atoms with Gasteiger partial charge in [0, 0.05) is 18.9 Å². The third-order valence-electron chi connectivity index (χ3n) is 1.90. The van der Waals surface area contributed by atoms with Gasteiger partial charge >= 0.3 is 5.97 Å². The summed E-state index contributed by atoms with van der Waals surface area (Å²) in [7, 11) is 1.39. The van der Waals surface area contributed by atoms with Crippen LogP contribution < -0.4 is 0 Å². The predicted octanol–water partition coefficient (Wildman–Crippen LogP) is 1.35. The third kappa shape index (κ3) is 4.81. The summed E-state index contributed by atoms with van der Waals surface area (Å²) in [5.41, 5.74) is 0. The van der Waals surface area contributed by atoms with Crippen LogP contribution >= 0.6 is 11.8 Å². The molecule has 0 N–H and O–H groups in total. The molecule has 0 spiro atoms. The van der Waals surface area contributed by atoms with Crippen LogP contribution in [0.3, 0.4) is 0 Å². The zero-order chi connectivity index (χ0) is 12.6. The molecule has 5 nitrogen and oxygen atoms in total. The van der Waals surface area contributed by atoms with Crippen LogP contribution in [0.5, 0.6) is 0 Å². The van der Waals surface area contributed by atoms with E-state index >= 15 is 0 Å². The van der Waals surface area contributed by atoms with E-state index in [-0.39, 0.29) is 13.2 Å². The van der Waals surface area contributed by atoms with Crippen molar-refractivity contribution in [2.24, 2.45) is 0 Å². The van der Waals surface area contributed by atoms with Crippen LogP contribution in [-0.4, -0.2) is 42.7 Å². The molecule has 1 amide bonds. The molecule has 1 atom stereocenters. The number of hydrogen-bond donors (Lipinski definition) is 0. The Bertz CT molecular complexity index is 235. The lowest BCUT2D eigenvalue weighted by atomic mass is 10.1. The van der Waals surface area contributed by atoms with Crippen molar-refractivity contribution in [3.63, 3.8) is 0 Å². The average molecular weight is 252 g/mol. The van der Waals surface area contributed by atoms with E-state index in [1.54, 1.807) is 6.92 Å². The van der Waals surface area contributed by atoms with E-state index in [4.69, 9.17) is 16.5 Å². The summed E-state index contributed by atoms with van der Waals surface area (Å²) in [5, 5.41) is 0. The smallest absolute Gasteiger partial charge is 0.330 e. The molecule has 0 aliphatic heterocycles. The number of ether oxygens (including phenoxy) is 2. The largest absolute Gasteiger partial charge is 0.464 e. The summed E-state index contributed by atoms with van der Waals surface area (Å²) in [6, 6.07) is -0.741. The molecule has 0 rings (SSSR count). The van der Waals surface area contributed by atoms with Crippen molar-refractivity contribution in [3.8, 4) is 0 Å². The number of methoxy groups -OCH3 is 1. The fourth-order valence-electron chi connectivity index (χ4n) is 1.19. The second-order valence-corrected chi connectivity index (χ2v) is 3.56. The van der Waals surface area contributed by atoms with Crippen LogP contribution in [0, 0.1) is 0 Å². The first-order chi connectivity index (χ1) is 7.58. The minimum absolute atomic E-state index is 0.150. The van der Waals surface area contributed by atoms with E-state index in [0.29, 0.717) is 6.42 Å². The van der Waals surface area contributed by atoms with E-state index in [9.17, 15) is 9.59 Å². The highest BCUT2D eigenvalue weighted by Crippen LogP contribution is 2.12. The van der Waals surface area contributed by atoms with E-state index in [1.165, 1.54) is 7.11 Å². The molecular weight excluding hydrogens is 234 g/mol. The van der Waals surface area contributed by atoms with E-state index in [1.807, 2.05) is 6.92 Å². The Morgan fingerprint density at radius 1 is 1.38 bits per heavy atom. The van der Waals surface area contributed by atoms with Gasteiger partial charge in [-0.3, -0.25) is 4.79 Å². The van der Waals surface area contributed by atoms with Crippen molar-refractivity contribution in [2.45, 2.75) is 32.7 Å². The highest BCUT2D eigenvalue weighted by Gasteiger charge is 2.29. The van der Waals surface area contributed by atoms with Crippen molar-refractivity contribution in [3.05, 3.63) is 0 Å². The first-order valence-corrected chi connectivity index (χ1v) is 5.55. The summed E-state index contributed by atoms with van der Waals surface area (Å²) < 4.78 is 10.4. The summed E-state index contributed by atoms with van der Waals surface area (Å²) in [5.74, 6) is -0.931. The van der Waals surface area contributed by atoms with Crippen LogP contribution in [0.4, 0.5) is 0 Å². The molecule has 0 heterocycles. The van der Waals surface area contributed by atoms with Crippen LogP contribution in [0.1, 0.15) is 26.7 Å². The minimum Gasteiger partial charge on any atom is -0.464 e. The van der Waals surface area contributed by atoms with Gasteiger partial charge in [0.05, 0.1) is 6.61 Å². The fraction of sp³-hybridized carbons (Fsp3) is 0.800. The maximum Gasteiger partial charge on any atom is 0.330 e. The molecule has 0 aromatic rings. The number of amides is 1. The standard InChI is InChI=1S/C10H18ClNO4/c1-4-6-8(10(14)16-5-2)12(11)9(13)7-15-3/h8H,4-7H2,1-3H3/t8-/m1/s1. The first kappa shape index (κ1) is 15.2. The molecule has 0 saturated carbocycles. The van der Waals surface area contributed by atoms with Crippen molar-refractivity contribution >= 4 is 23.7 Å². The van der Waals surface area contributed by atoms with Gasteiger partial charge in [0.15, 0.2) is 0 Å². The fourth-order valence-corrected chi connectivity index (χ4v) is 1.42. The third-order valence-corrected chi connectivity index (χ3v) is 2.32. The Kier molecular flexibility index (Phi) is 7.93. The average Bonchev–Trinajstić information content (AvgIpc) is 2.25. The molecular formula is C10H18ClNO4. The van der Waals surface area contributed by atoms with Gasteiger partial charge in [0.1, 0.15) is 12.6 Å². The monoisotopic (exact) mass is 251 g/mol. The second kappa shape index (κ2) is 8.35. The zero-order valence-electron chi connectivity index (χ0n) is 9.86. The molecule has 94 valence electrons. The highest BCUT2D eigenvalue weighted by molar-refractivity contribution is 6.23. The van der Waals surface area contributed by atoms with Crippen molar-refractivity contribution < 1.29 is 19.1 Å². The minimum atomic E-state index is -0.741. The van der Waals surface area contributed by atoms with E-state index in [2.05, 4.69) is 4.74 Å². The Hall–Kier alpha value is -0.810. The molecule has 0 radical (unpaired) electrons. The van der Waals surface area contributed by atoms with Crippen molar-refractivity contribution in [1.29, 1.82) is 0 Å². The summed E-state index contributed by atoms with van der Waals surface area (Å²) in [4.78, 5) is 23.0. The molecule has 0 aromatic carbocycles. The molecule has 0 aliphatic rings. The normalized spacial score (nSPS) is 12.0. The molecule has 16 heavy (non-hydrogen) atoms. The number of carbonyl (C=O) groups is 2. The van der Waals surface area contributed by atoms with Crippen LogP contribution in [0.15, 0.2) is 0 Å². The lowest BCUT2D eigenvalue weighted by molar-refractivity contribution is -0.152. The number of halogens is 1. The van der Waals surface area contributed by atoms with E-state index in [0.717, 1.165) is 10.8 Å². The summed E-state index contributed by atoms with van der Waals surface area (Å²) in [6.45, 7) is 3.72. The van der Waals surface area contributed by atoms with Gasteiger partial charge in [-0.05, 0) is 13.3 Å². The van der Waals surface area contributed by atoms with Crippen molar-refractivity contribution in [1.82, 2.24) is 4.42 Å².